The Bertz CT molecular complexity index is 1350. The number of nitrogens with one attached hydrogen (secondary N) is 1. The number of carbonyl (C=O) groups is 5. The molecule has 0 aliphatic carbocycles. The second-order valence-corrected chi connectivity index (χ2v) is 9.75. The molecule has 1 N–H and O–H groups in total. The number of hydrogen-bond acceptors (Lipinski definition) is 11. The van der Waals surface area contributed by atoms with Crippen LogP contribution in [0, 0.1) is 5.82 Å². The summed E-state index contributed by atoms with van der Waals surface area (Å²) >= 11 is 0. The van der Waals surface area contributed by atoms with Crippen LogP contribution in [0.2, 0.25) is 0 Å². The zero-order valence-corrected chi connectivity index (χ0v) is 24.4. The molecule has 1 aliphatic heterocycles. The third-order valence-corrected chi connectivity index (χ3v) is 6.19. The fourth-order valence-electron chi connectivity index (χ4n) is 4.56. The molecule has 232 valence electrons. The van der Waals surface area contributed by atoms with Crippen molar-refractivity contribution in [3.05, 3.63) is 53.8 Å². The van der Waals surface area contributed by atoms with Gasteiger partial charge < -0.3 is 33.7 Å². The summed E-state index contributed by atoms with van der Waals surface area (Å²) in [4.78, 5) is 59.1. The highest BCUT2D eigenvalue weighted by molar-refractivity contribution is 5.73. The van der Waals surface area contributed by atoms with Crippen molar-refractivity contribution in [3.8, 4) is 16.9 Å². The van der Waals surface area contributed by atoms with Crippen molar-refractivity contribution in [1.82, 2.24) is 5.32 Å². The molecule has 43 heavy (non-hydrogen) atoms. The molecule has 13 heteroatoms. The molecule has 0 saturated carbocycles. The van der Waals surface area contributed by atoms with E-state index in [0.29, 0.717) is 24.1 Å². The van der Waals surface area contributed by atoms with Gasteiger partial charge in [-0.1, -0.05) is 18.2 Å². The van der Waals surface area contributed by atoms with Gasteiger partial charge in [0.1, 0.15) is 24.3 Å². The van der Waals surface area contributed by atoms with Gasteiger partial charge in [0.2, 0.25) is 18.3 Å². The van der Waals surface area contributed by atoms with E-state index >= 15 is 0 Å². The Morgan fingerprint density at radius 3 is 2.07 bits per heavy atom. The molecule has 0 radical (unpaired) electrons. The lowest BCUT2D eigenvalue weighted by atomic mass is 9.96. The molecule has 3 rings (SSSR count). The number of carbonyl (C=O) groups excluding carboxylic acids is 5. The number of ether oxygens (including phenoxy) is 6. The molecule has 0 bridgehead atoms. The number of benzene rings is 2. The van der Waals surface area contributed by atoms with Crippen molar-refractivity contribution < 1.29 is 56.8 Å². The molecule has 1 amide bonds. The smallest absolute Gasteiger partial charge is 0.303 e. The fourth-order valence-corrected chi connectivity index (χ4v) is 4.56. The van der Waals surface area contributed by atoms with E-state index in [-0.39, 0.29) is 11.7 Å². The van der Waals surface area contributed by atoms with Crippen molar-refractivity contribution in [2.45, 2.75) is 71.7 Å². The van der Waals surface area contributed by atoms with Gasteiger partial charge >= 0.3 is 23.9 Å². The molecule has 1 unspecified atom stereocenters. The van der Waals surface area contributed by atoms with Crippen LogP contribution in [-0.4, -0.2) is 73.6 Å². The minimum absolute atomic E-state index is 0.198. The summed E-state index contributed by atoms with van der Waals surface area (Å²) in [6, 6.07) is 10.8. The van der Waals surface area contributed by atoms with Crippen LogP contribution in [0.15, 0.2) is 42.5 Å². The SMILES string of the molecule is CC(=O)NCCc1ccc(OC2O[C@@H](COC(C)=O)[C@H](OC(C)=O)[C@@H](OC(C)=O)[C@@H]2OC(C)=O)cc1-c1cccc(F)c1. The van der Waals surface area contributed by atoms with E-state index in [0.717, 1.165) is 26.3 Å². The summed E-state index contributed by atoms with van der Waals surface area (Å²) in [5.41, 5.74) is 1.89. The Morgan fingerprint density at radius 1 is 0.814 bits per heavy atom. The van der Waals surface area contributed by atoms with E-state index in [1.165, 1.54) is 26.0 Å². The predicted octanol–water partition coefficient (Wildman–Crippen LogP) is 2.63. The van der Waals surface area contributed by atoms with Gasteiger partial charge in [-0.3, -0.25) is 24.0 Å². The summed E-state index contributed by atoms with van der Waals surface area (Å²) in [5, 5.41) is 2.73. The van der Waals surface area contributed by atoms with E-state index in [1.807, 2.05) is 0 Å². The maximum absolute atomic E-state index is 14.2. The van der Waals surface area contributed by atoms with Crippen molar-refractivity contribution >= 4 is 29.8 Å². The van der Waals surface area contributed by atoms with Crippen LogP contribution in [0.5, 0.6) is 5.75 Å². The van der Waals surface area contributed by atoms with Gasteiger partial charge in [0, 0.05) is 41.2 Å². The van der Waals surface area contributed by atoms with Crippen LogP contribution in [-0.2, 0) is 54.1 Å². The van der Waals surface area contributed by atoms with E-state index in [1.54, 1.807) is 30.3 Å². The van der Waals surface area contributed by atoms with Crippen molar-refractivity contribution in [3.63, 3.8) is 0 Å². The molecule has 12 nitrogen and oxygen atoms in total. The molecule has 1 aliphatic rings. The zero-order valence-electron chi connectivity index (χ0n) is 24.4. The second-order valence-electron chi connectivity index (χ2n) is 9.75. The maximum Gasteiger partial charge on any atom is 0.303 e. The third kappa shape index (κ3) is 9.77. The van der Waals surface area contributed by atoms with Gasteiger partial charge in [-0.2, -0.15) is 0 Å². The number of esters is 4. The van der Waals surface area contributed by atoms with Gasteiger partial charge in [0.25, 0.3) is 0 Å². The second kappa shape index (κ2) is 15.1. The van der Waals surface area contributed by atoms with Crippen LogP contribution in [0.3, 0.4) is 0 Å². The van der Waals surface area contributed by atoms with Crippen molar-refractivity contribution in [2.24, 2.45) is 0 Å². The number of amides is 1. The van der Waals surface area contributed by atoms with Gasteiger partial charge in [0.05, 0.1) is 0 Å². The Morgan fingerprint density at radius 2 is 1.47 bits per heavy atom. The first-order chi connectivity index (χ1) is 20.3. The van der Waals surface area contributed by atoms with Crippen molar-refractivity contribution in [1.29, 1.82) is 0 Å². The molecule has 0 spiro atoms. The summed E-state index contributed by atoms with van der Waals surface area (Å²) in [5.74, 6) is -3.41. The fraction of sp³-hybridized carbons (Fsp3) is 0.433. The van der Waals surface area contributed by atoms with E-state index < -0.39 is 67.0 Å². The first-order valence-electron chi connectivity index (χ1n) is 13.4. The topological polar surface area (TPSA) is 153 Å². The van der Waals surface area contributed by atoms with E-state index in [9.17, 15) is 28.4 Å². The Kier molecular flexibility index (Phi) is 11.6. The van der Waals surface area contributed by atoms with Crippen LogP contribution in [0.4, 0.5) is 4.39 Å². The summed E-state index contributed by atoms with van der Waals surface area (Å²) in [7, 11) is 0. The van der Waals surface area contributed by atoms with Gasteiger partial charge in [-0.25, -0.2) is 4.39 Å². The lowest BCUT2D eigenvalue weighted by Gasteiger charge is -2.43. The minimum atomic E-state index is -1.44. The Hall–Kier alpha value is -4.52. The Labute approximate surface area is 247 Å². The molecule has 1 fully saturated rings. The van der Waals surface area contributed by atoms with Crippen LogP contribution < -0.4 is 10.1 Å². The number of rotatable bonds is 11. The molecule has 0 aromatic heterocycles. The number of halogens is 1. The molecule has 1 heterocycles. The quantitative estimate of drug-likeness (QED) is 0.298. The normalized spacial score (nSPS) is 21.2. The highest BCUT2D eigenvalue weighted by Crippen LogP contribution is 2.34. The van der Waals surface area contributed by atoms with Gasteiger partial charge in [-0.15, -0.1) is 0 Å². The largest absolute Gasteiger partial charge is 0.463 e. The lowest BCUT2D eigenvalue weighted by molar-refractivity contribution is -0.288. The molecule has 2 aromatic rings. The standard InChI is InChI=1S/C30H34FNO11/c1-16(33)32-12-11-21-9-10-24(14-25(21)22-7-6-8-23(31)13-22)42-30-29(41-20(5)37)28(40-19(4)36)27(39-18(3)35)26(43-30)15-38-17(2)34/h6-10,13-14,26-30H,11-12,15H2,1-5H3,(H,32,33)/t26-,27-,28+,29-,30?/m0/s1. The first kappa shape index (κ1) is 33.0. The van der Waals surface area contributed by atoms with E-state index in [4.69, 9.17) is 28.4 Å². The van der Waals surface area contributed by atoms with Crippen LogP contribution in [0.1, 0.15) is 40.2 Å². The van der Waals surface area contributed by atoms with Crippen molar-refractivity contribution in [2.75, 3.05) is 13.2 Å². The number of hydrogen-bond donors (Lipinski definition) is 1. The first-order valence-corrected chi connectivity index (χ1v) is 13.4. The minimum Gasteiger partial charge on any atom is -0.463 e. The molecule has 5 atom stereocenters. The monoisotopic (exact) mass is 603 g/mol. The van der Waals surface area contributed by atoms with Crippen LogP contribution in [0.25, 0.3) is 11.1 Å². The molecular weight excluding hydrogens is 569 g/mol. The Balaban J connectivity index is 2.04. The highest BCUT2D eigenvalue weighted by atomic mass is 19.1. The average Bonchev–Trinajstić information content (AvgIpc) is 2.90. The lowest BCUT2D eigenvalue weighted by Crippen LogP contribution is -2.63. The third-order valence-electron chi connectivity index (χ3n) is 6.19. The van der Waals surface area contributed by atoms with Crippen LogP contribution >= 0.6 is 0 Å². The van der Waals surface area contributed by atoms with Gasteiger partial charge in [0.15, 0.2) is 12.2 Å². The highest BCUT2D eigenvalue weighted by Gasteiger charge is 2.53. The molecular formula is C30H34FNO11. The molecule has 1 saturated heterocycles. The average molecular weight is 604 g/mol. The zero-order chi connectivity index (χ0) is 31.7. The molecule has 2 aromatic carbocycles. The van der Waals surface area contributed by atoms with E-state index in [2.05, 4.69) is 5.32 Å². The maximum atomic E-state index is 14.2. The summed E-state index contributed by atoms with van der Waals surface area (Å²) in [6.07, 6.45) is -6.35. The van der Waals surface area contributed by atoms with Gasteiger partial charge in [-0.05, 0) is 47.4 Å². The predicted molar refractivity (Wildman–Crippen MR) is 147 cm³/mol. The summed E-state index contributed by atoms with van der Waals surface area (Å²) < 4.78 is 47.7. The summed E-state index contributed by atoms with van der Waals surface area (Å²) in [6.45, 7) is 5.86.